The molecule has 1 unspecified atom stereocenters. The van der Waals surface area contributed by atoms with Crippen LogP contribution >= 0.6 is 0 Å². The number of carbonyl (C=O) groups is 2. The third-order valence-corrected chi connectivity index (χ3v) is 3.62. The van der Waals surface area contributed by atoms with E-state index in [9.17, 15) is 9.59 Å². The van der Waals surface area contributed by atoms with E-state index in [4.69, 9.17) is 4.74 Å². The molecule has 24 heavy (non-hydrogen) atoms. The monoisotopic (exact) mass is 332 g/mol. The first kappa shape index (κ1) is 19.7. The van der Waals surface area contributed by atoms with E-state index in [1.54, 1.807) is 20.1 Å². The molecule has 1 rings (SSSR count). The van der Waals surface area contributed by atoms with Crippen molar-refractivity contribution < 1.29 is 14.3 Å². The highest BCUT2D eigenvalue weighted by atomic mass is 16.5. The number of hydrogen-bond acceptors (Lipinski definition) is 3. The highest BCUT2D eigenvalue weighted by Gasteiger charge is 2.13. The molecule has 0 saturated heterocycles. The van der Waals surface area contributed by atoms with Gasteiger partial charge < -0.3 is 15.4 Å². The van der Waals surface area contributed by atoms with Gasteiger partial charge >= 0.3 is 0 Å². The molecule has 0 spiro atoms. The summed E-state index contributed by atoms with van der Waals surface area (Å²) in [5, 5.41) is 5.50. The summed E-state index contributed by atoms with van der Waals surface area (Å²) in [6, 6.07) is 6.81. The van der Waals surface area contributed by atoms with Gasteiger partial charge in [-0.05, 0) is 37.1 Å². The molecular weight excluding hydrogens is 304 g/mol. The van der Waals surface area contributed by atoms with Crippen LogP contribution in [0.2, 0.25) is 0 Å². The van der Waals surface area contributed by atoms with Crippen LogP contribution in [0, 0.1) is 0 Å². The van der Waals surface area contributed by atoms with Crippen molar-refractivity contribution in [2.75, 3.05) is 13.7 Å². The zero-order valence-electron chi connectivity index (χ0n) is 14.8. The second-order valence-corrected chi connectivity index (χ2v) is 5.69. The van der Waals surface area contributed by atoms with E-state index >= 15 is 0 Å². The van der Waals surface area contributed by atoms with E-state index in [1.165, 1.54) is 18.9 Å². The molecule has 0 aromatic heterocycles. The van der Waals surface area contributed by atoms with Crippen molar-refractivity contribution in [3.63, 3.8) is 0 Å². The Kier molecular flexibility index (Phi) is 9.27. The Labute approximate surface area is 144 Å². The van der Waals surface area contributed by atoms with Gasteiger partial charge in [0.15, 0.2) is 0 Å². The molecule has 2 amide bonds. The van der Waals surface area contributed by atoms with Crippen molar-refractivity contribution in [1.29, 1.82) is 0 Å². The molecule has 1 aromatic rings. The van der Waals surface area contributed by atoms with Crippen LogP contribution in [-0.4, -0.2) is 31.5 Å². The van der Waals surface area contributed by atoms with Gasteiger partial charge in [0.1, 0.15) is 11.8 Å². The summed E-state index contributed by atoms with van der Waals surface area (Å²) in [6.45, 7) is 4.48. The minimum absolute atomic E-state index is 0.155. The van der Waals surface area contributed by atoms with Crippen LogP contribution in [0.25, 0.3) is 6.08 Å². The van der Waals surface area contributed by atoms with Crippen molar-refractivity contribution in [3.8, 4) is 5.75 Å². The van der Waals surface area contributed by atoms with Crippen molar-refractivity contribution in [1.82, 2.24) is 10.6 Å². The molecule has 0 aliphatic carbocycles. The van der Waals surface area contributed by atoms with Crippen LogP contribution in [0.15, 0.2) is 30.3 Å². The molecule has 0 fully saturated rings. The number of unbranched alkanes of at least 4 members (excludes halogenated alkanes) is 3. The maximum absolute atomic E-state index is 11.9. The fraction of sp³-hybridized carbons (Fsp3) is 0.474. The molecule has 0 aliphatic heterocycles. The normalized spacial score (nSPS) is 12.0. The summed E-state index contributed by atoms with van der Waals surface area (Å²) in [6.07, 6.45) is 7.55. The highest BCUT2D eigenvalue weighted by molar-refractivity contribution is 5.95. The Morgan fingerprint density at radius 2 is 1.88 bits per heavy atom. The van der Waals surface area contributed by atoms with Gasteiger partial charge in [0.05, 0.1) is 7.11 Å². The topological polar surface area (TPSA) is 67.4 Å². The maximum atomic E-state index is 11.9. The SMILES string of the molecule is CCCCCCNC(=O)C(C)NC(=O)/C=C/c1ccc(OC)cc1. The van der Waals surface area contributed by atoms with Crippen LogP contribution in [-0.2, 0) is 9.59 Å². The van der Waals surface area contributed by atoms with Gasteiger partial charge in [0, 0.05) is 12.6 Å². The lowest BCUT2D eigenvalue weighted by Gasteiger charge is -2.12. The lowest BCUT2D eigenvalue weighted by Crippen LogP contribution is -2.44. The van der Waals surface area contributed by atoms with Gasteiger partial charge in [-0.15, -0.1) is 0 Å². The van der Waals surface area contributed by atoms with Crippen LogP contribution in [0.5, 0.6) is 5.75 Å². The summed E-state index contributed by atoms with van der Waals surface area (Å²) < 4.78 is 5.08. The molecule has 132 valence electrons. The summed E-state index contributed by atoms with van der Waals surface area (Å²) in [5.74, 6) is 0.318. The van der Waals surface area contributed by atoms with Crippen molar-refractivity contribution in [3.05, 3.63) is 35.9 Å². The van der Waals surface area contributed by atoms with Crippen LogP contribution in [0.3, 0.4) is 0 Å². The van der Waals surface area contributed by atoms with Crippen molar-refractivity contribution >= 4 is 17.9 Å². The zero-order chi connectivity index (χ0) is 17.8. The summed E-state index contributed by atoms with van der Waals surface area (Å²) in [7, 11) is 1.61. The smallest absolute Gasteiger partial charge is 0.244 e. The fourth-order valence-corrected chi connectivity index (χ4v) is 2.13. The number of nitrogens with one attached hydrogen (secondary N) is 2. The summed E-state index contributed by atoms with van der Waals surface area (Å²) >= 11 is 0. The predicted molar refractivity (Wildman–Crippen MR) is 96.8 cm³/mol. The minimum atomic E-state index is -0.552. The number of carbonyl (C=O) groups excluding carboxylic acids is 2. The Bertz CT molecular complexity index is 538. The molecule has 0 aliphatic rings. The largest absolute Gasteiger partial charge is 0.497 e. The minimum Gasteiger partial charge on any atom is -0.497 e. The maximum Gasteiger partial charge on any atom is 0.244 e. The van der Waals surface area contributed by atoms with Crippen LogP contribution in [0.1, 0.15) is 45.1 Å². The first-order valence-corrected chi connectivity index (χ1v) is 8.47. The molecular formula is C19H28N2O3. The first-order chi connectivity index (χ1) is 11.6. The third-order valence-electron chi connectivity index (χ3n) is 3.62. The number of methoxy groups -OCH3 is 1. The van der Waals surface area contributed by atoms with Gasteiger partial charge in [-0.25, -0.2) is 0 Å². The van der Waals surface area contributed by atoms with Gasteiger partial charge in [-0.3, -0.25) is 9.59 Å². The van der Waals surface area contributed by atoms with E-state index in [0.717, 1.165) is 24.2 Å². The Hall–Kier alpha value is -2.30. The van der Waals surface area contributed by atoms with Gasteiger partial charge in [-0.1, -0.05) is 38.3 Å². The molecule has 0 radical (unpaired) electrons. The summed E-state index contributed by atoms with van der Waals surface area (Å²) in [4.78, 5) is 23.8. The second-order valence-electron chi connectivity index (χ2n) is 5.69. The quantitative estimate of drug-likeness (QED) is 0.511. The average molecular weight is 332 g/mol. The number of ether oxygens (including phenoxy) is 1. The Morgan fingerprint density at radius 1 is 1.17 bits per heavy atom. The third kappa shape index (κ3) is 7.81. The number of amides is 2. The lowest BCUT2D eigenvalue weighted by atomic mass is 10.2. The molecule has 0 heterocycles. The van der Waals surface area contributed by atoms with Crippen molar-refractivity contribution in [2.24, 2.45) is 0 Å². The summed E-state index contributed by atoms with van der Waals surface area (Å²) in [5.41, 5.74) is 0.888. The number of benzene rings is 1. The molecule has 0 saturated carbocycles. The standard InChI is InChI=1S/C19H28N2O3/c1-4-5-6-7-14-20-19(23)15(2)21-18(22)13-10-16-8-11-17(24-3)12-9-16/h8-13,15H,4-7,14H2,1-3H3,(H,20,23)(H,21,22)/b13-10+. The number of hydrogen-bond donors (Lipinski definition) is 2. The molecule has 0 bridgehead atoms. The van der Waals surface area contributed by atoms with Crippen LogP contribution in [0.4, 0.5) is 0 Å². The molecule has 1 atom stereocenters. The highest BCUT2D eigenvalue weighted by Crippen LogP contribution is 2.12. The van der Waals surface area contributed by atoms with Crippen molar-refractivity contribution in [2.45, 2.75) is 45.6 Å². The van der Waals surface area contributed by atoms with E-state index in [-0.39, 0.29) is 11.8 Å². The zero-order valence-corrected chi connectivity index (χ0v) is 14.8. The Morgan fingerprint density at radius 3 is 2.50 bits per heavy atom. The fourth-order valence-electron chi connectivity index (χ4n) is 2.13. The lowest BCUT2D eigenvalue weighted by molar-refractivity contribution is -0.126. The van der Waals surface area contributed by atoms with Gasteiger partial charge in [0.25, 0.3) is 0 Å². The number of rotatable bonds is 10. The van der Waals surface area contributed by atoms with E-state index in [1.807, 2.05) is 24.3 Å². The van der Waals surface area contributed by atoms with Gasteiger partial charge in [0.2, 0.25) is 11.8 Å². The molecule has 5 nitrogen and oxygen atoms in total. The van der Waals surface area contributed by atoms with Crippen LogP contribution < -0.4 is 15.4 Å². The molecule has 5 heteroatoms. The molecule has 1 aromatic carbocycles. The van der Waals surface area contributed by atoms with E-state index < -0.39 is 6.04 Å². The second kappa shape index (κ2) is 11.3. The van der Waals surface area contributed by atoms with E-state index in [0.29, 0.717) is 6.54 Å². The average Bonchev–Trinajstić information content (AvgIpc) is 2.60. The van der Waals surface area contributed by atoms with Gasteiger partial charge in [-0.2, -0.15) is 0 Å². The first-order valence-electron chi connectivity index (χ1n) is 8.47. The predicted octanol–water partition coefficient (Wildman–Crippen LogP) is 2.91. The van der Waals surface area contributed by atoms with E-state index in [2.05, 4.69) is 17.6 Å². The molecule has 2 N–H and O–H groups in total. The Balaban J connectivity index is 2.34.